The zero-order chi connectivity index (χ0) is 11.7. The van der Waals surface area contributed by atoms with Gasteiger partial charge >= 0.3 is 0 Å². The van der Waals surface area contributed by atoms with Crippen LogP contribution in [0.1, 0.15) is 30.5 Å². The summed E-state index contributed by atoms with van der Waals surface area (Å²) in [6, 6.07) is 3.50. The van der Waals surface area contributed by atoms with Gasteiger partial charge in [-0.1, -0.05) is 16.8 Å². The maximum atomic E-state index is 5.85. The molecule has 2 heterocycles. The number of ether oxygens (including phenoxy) is 1. The molecule has 1 fully saturated rings. The lowest BCUT2D eigenvalue weighted by atomic mass is 10.4. The molecule has 0 radical (unpaired) electrons. The Bertz CT molecular complexity index is 525. The first kappa shape index (κ1) is 10.5. The monoisotopic (exact) mass is 251 g/mol. The third kappa shape index (κ3) is 2.39. The lowest BCUT2D eigenvalue weighted by Gasteiger charge is -2.03. The predicted octanol–water partition coefficient (Wildman–Crippen LogP) is 2.57. The van der Waals surface area contributed by atoms with Crippen LogP contribution in [0.15, 0.2) is 22.9 Å². The Morgan fingerprint density at radius 3 is 3.12 bits per heavy atom. The van der Waals surface area contributed by atoms with Gasteiger partial charge in [-0.25, -0.2) is 4.98 Å². The summed E-state index contributed by atoms with van der Waals surface area (Å²) in [6.07, 6.45) is 3.90. The Morgan fingerprint density at radius 2 is 2.35 bits per heavy atom. The molecule has 0 bridgehead atoms. The fraction of sp³-hybridized carbons (Fsp3) is 0.364. The van der Waals surface area contributed by atoms with Crippen molar-refractivity contribution in [1.82, 2.24) is 15.1 Å². The fourth-order valence-electron chi connectivity index (χ4n) is 1.45. The summed E-state index contributed by atoms with van der Waals surface area (Å²) in [5, 5.41) is 4.23. The van der Waals surface area contributed by atoms with Gasteiger partial charge in [0.05, 0.1) is 0 Å². The van der Waals surface area contributed by atoms with E-state index in [1.807, 2.05) is 0 Å². The summed E-state index contributed by atoms with van der Waals surface area (Å²) in [5.41, 5.74) is 0. The molecule has 5 nitrogen and oxygen atoms in total. The van der Waals surface area contributed by atoms with E-state index in [0.717, 1.165) is 18.7 Å². The highest BCUT2D eigenvalue weighted by molar-refractivity contribution is 6.30. The molecule has 88 valence electrons. The summed E-state index contributed by atoms with van der Waals surface area (Å²) in [6.45, 7) is 0.213. The Morgan fingerprint density at radius 1 is 1.47 bits per heavy atom. The average Bonchev–Trinajstić information content (AvgIpc) is 3.08. The van der Waals surface area contributed by atoms with E-state index in [0.29, 0.717) is 22.7 Å². The normalized spacial score (nSPS) is 14.9. The second-order valence-corrected chi connectivity index (χ2v) is 4.26. The molecule has 2 aromatic heterocycles. The van der Waals surface area contributed by atoms with Gasteiger partial charge in [-0.15, -0.1) is 0 Å². The predicted molar refractivity (Wildman–Crippen MR) is 59.9 cm³/mol. The van der Waals surface area contributed by atoms with E-state index in [9.17, 15) is 0 Å². The SMILES string of the molecule is Clc1ncccc1OCc1nc(C2CC2)no1. The van der Waals surface area contributed by atoms with Crippen LogP contribution in [0.2, 0.25) is 5.15 Å². The van der Waals surface area contributed by atoms with E-state index >= 15 is 0 Å². The van der Waals surface area contributed by atoms with Gasteiger partial charge in [-0.2, -0.15) is 4.98 Å². The first-order valence-corrected chi connectivity index (χ1v) is 5.76. The van der Waals surface area contributed by atoms with Crippen molar-refractivity contribution in [3.63, 3.8) is 0 Å². The lowest BCUT2D eigenvalue weighted by molar-refractivity contribution is 0.242. The highest BCUT2D eigenvalue weighted by Crippen LogP contribution is 2.38. The van der Waals surface area contributed by atoms with Crippen molar-refractivity contribution < 1.29 is 9.26 Å². The third-order valence-corrected chi connectivity index (χ3v) is 2.79. The molecule has 0 aliphatic heterocycles. The van der Waals surface area contributed by atoms with Crippen molar-refractivity contribution in [2.24, 2.45) is 0 Å². The fourth-order valence-corrected chi connectivity index (χ4v) is 1.63. The number of hydrogen-bond acceptors (Lipinski definition) is 5. The second-order valence-electron chi connectivity index (χ2n) is 3.90. The summed E-state index contributed by atoms with van der Waals surface area (Å²) in [4.78, 5) is 8.16. The van der Waals surface area contributed by atoms with Gasteiger partial charge in [0, 0.05) is 12.1 Å². The smallest absolute Gasteiger partial charge is 0.264 e. The molecule has 1 aliphatic rings. The molecular formula is C11H10ClN3O2. The molecule has 0 unspecified atom stereocenters. The average molecular weight is 252 g/mol. The molecule has 0 saturated heterocycles. The molecule has 0 atom stereocenters. The van der Waals surface area contributed by atoms with E-state index in [1.54, 1.807) is 18.3 Å². The van der Waals surface area contributed by atoms with Crippen molar-refractivity contribution in [3.8, 4) is 5.75 Å². The number of pyridine rings is 1. The molecule has 0 aromatic carbocycles. The van der Waals surface area contributed by atoms with Crippen molar-refractivity contribution in [1.29, 1.82) is 0 Å². The van der Waals surface area contributed by atoms with Crippen LogP contribution in [0.3, 0.4) is 0 Å². The molecular weight excluding hydrogens is 242 g/mol. The van der Waals surface area contributed by atoms with Crippen LogP contribution in [0, 0.1) is 0 Å². The summed E-state index contributed by atoms with van der Waals surface area (Å²) >= 11 is 5.85. The molecule has 0 N–H and O–H groups in total. The number of rotatable bonds is 4. The van der Waals surface area contributed by atoms with Gasteiger partial charge < -0.3 is 9.26 Å². The minimum absolute atomic E-state index is 0.213. The Balaban J connectivity index is 1.65. The Labute approximate surface area is 103 Å². The molecule has 2 aromatic rings. The minimum Gasteiger partial charge on any atom is -0.481 e. The molecule has 6 heteroatoms. The first-order valence-electron chi connectivity index (χ1n) is 5.39. The highest BCUT2D eigenvalue weighted by Gasteiger charge is 2.28. The Kier molecular flexibility index (Phi) is 2.68. The standard InChI is InChI=1S/C11H10ClN3O2/c12-10-8(2-1-5-13-10)16-6-9-14-11(15-17-9)7-3-4-7/h1-2,5,7H,3-4,6H2. The lowest BCUT2D eigenvalue weighted by Crippen LogP contribution is -1.97. The van der Waals surface area contributed by atoms with Gasteiger partial charge in [0.15, 0.2) is 23.3 Å². The van der Waals surface area contributed by atoms with Gasteiger partial charge in [0.2, 0.25) is 0 Å². The van der Waals surface area contributed by atoms with Gasteiger partial charge in [-0.3, -0.25) is 0 Å². The van der Waals surface area contributed by atoms with Gasteiger partial charge in [-0.05, 0) is 25.0 Å². The van der Waals surface area contributed by atoms with Crippen LogP contribution in [0.5, 0.6) is 5.75 Å². The number of halogens is 1. The third-order valence-electron chi connectivity index (χ3n) is 2.50. The van der Waals surface area contributed by atoms with Crippen LogP contribution < -0.4 is 4.74 Å². The highest BCUT2D eigenvalue weighted by atomic mass is 35.5. The second kappa shape index (κ2) is 4.33. The van der Waals surface area contributed by atoms with Crippen molar-refractivity contribution >= 4 is 11.6 Å². The number of aromatic nitrogens is 3. The van der Waals surface area contributed by atoms with E-state index in [2.05, 4.69) is 15.1 Å². The largest absolute Gasteiger partial charge is 0.481 e. The molecule has 3 rings (SSSR count). The number of hydrogen-bond donors (Lipinski definition) is 0. The van der Waals surface area contributed by atoms with Crippen LogP contribution in [-0.4, -0.2) is 15.1 Å². The van der Waals surface area contributed by atoms with Gasteiger partial charge in [0.1, 0.15) is 0 Å². The molecule has 0 spiro atoms. The van der Waals surface area contributed by atoms with Crippen molar-refractivity contribution in [2.75, 3.05) is 0 Å². The van der Waals surface area contributed by atoms with Crippen molar-refractivity contribution in [3.05, 3.63) is 35.2 Å². The Hall–Kier alpha value is -1.62. The maximum Gasteiger partial charge on any atom is 0.264 e. The van der Waals surface area contributed by atoms with Crippen LogP contribution in [-0.2, 0) is 6.61 Å². The maximum absolute atomic E-state index is 5.85. The summed E-state index contributed by atoms with van der Waals surface area (Å²) < 4.78 is 10.5. The van der Waals surface area contributed by atoms with E-state index in [4.69, 9.17) is 20.9 Å². The number of nitrogens with zero attached hydrogens (tertiary/aromatic N) is 3. The van der Waals surface area contributed by atoms with Crippen LogP contribution >= 0.6 is 11.6 Å². The van der Waals surface area contributed by atoms with E-state index < -0.39 is 0 Å². The summed E-state index contributed by atoms with van der Waals surface area (Å²) in [7, 11) is 0. The zero-order valence-corrected chi connectivity index (χ0v) is 9.72. The molecule has 1 aliphatic carbocycles. The van der Waals surface area contributed by atoms with Crippen LogP contribution in [0.4, 0.5) is 0 Å². The summed E-state index contributed by atoms with van der Waals surface area (Å²) in [5.74, 6) is 2.24. The zero-order valence-electron chi connectivity index (χ0n) is 8.97. The molecule has 17 heavy (non-hydrogen) atoms. The van der Waals surface area contributed by atoms with Crippen LogP contribution in [0.25, 0.3) is 0 Å². The quantitative estimate of drug-likeness (QED) is 0.782. The molecule has 1 saturated carbocycles. The minimum atomic E-state index is 0.213. The molecule has 0 amide bonds. The first-order chi connectivity index (χ1) is 8.33. The van der Waals surface area contributed by atoms with Gasteiger partial charge in [0.25, 0.3) is 5.89 Å². The van der Waals surface area contributed by atoms with E-state index in [-0.39, 0.29) is 6.61 Å². The van der Waals surface area contributed by atoms with E-state index in [1.165, 1.54) is 0 Å². The topological polar surface area (TPSA) is 61.0 Å². The van der Waals surface area contributed by atoms with Crippen molar-refractivity contribution in [2.45, 2.75) is 25.4 Å².